The molecule has 1 aromatic carbocycles. The van der Waals surface area contributed by atoms with Crippen molar-refractivity contribution in [2.24, 2.45) is 0 Å². The Morgan fingerprint density at radius 2 is 2.08 bits per heavy atom. The minimum absolute atomic E-state index is 0.0232. The quantitative estimate of drug-likeness (QED) is 0.674. The lowest BCUT2D eigenvalue weighted by molar-refractivity contribution is -0.135. The molecule has 0 saturated carbocycles. The van der Waals surface area contributed by atoms with Gasteiger partial charge < -0.3 is 19.1 Å². The average molecular weight is 364 g/mol. The van der Waals surface area contributed by atoms with Crippen molar-refractivity contribution in [1.82, 2.24) is 9.80 Å². The summed E-state index contributed by atoms with van der Waals surface area (Å²) in [5.74, 6) is 1.63. The van der Waals surface area contributed by atoms with Crippen LogP contribution in [0.25, 0.3) is 0 Å². The van der Waals surface area contributed by atoms with Crippen molar-refractivity contribution in [2.75, 3.05) is 46.5 Å². The molecule has 26 heavy (non-hydrogen) atoms. The van der Waals surface area contributed by atoms with E-state index in [2.05, 4.69) is 18.7 Å². The van der Waals surface area contributed by atoms with Gasteiger partial charge in [-0.2, -0.15) is 0 Å². The van der Waals surface area contributed by atoms with Gasteiger partial charge in [0, 0.05) is 32.2 Å². The fourth-order valence-electron chi connectivity index (χ4n) is 2.93. The highest BCUT2D eigenvalue weighted by Crippen LogP contribution is 2.19. The molecular weight excluding hydrogens is 332 g/mol. The van der Waals surface area contributed by atoms with Crippen molar-refractivity contribution in [3.8, 4) is 11.5 Å². The predicted molar refractivity (Wildman–Crippen MR) is 102 cm³/mol. The minimum atomic E-state index is -0.0232. The van der Waals surface area contributed by atoms with Gasteiger partial charge in [-0.05, 0) is 32.9 Å². The molecule has 1 fully saturated rings. The molecule has 1 aliphatic rings. The second kappa shape index (κ2) is 10.4. The summed E-state index contributed by atoms with van der Waals surface area (Å²) < 4.78 is 17.0. The lowest BCUT2D eigenvalue weighted by atomic mass is 10.1. The van der Waals surface area contributed by atoms with Crippen LogP contribution in [0.1, 0.15) is 27.2 Å². The number of likely N-dealkylation sites (N-methyl/N-ethyl adjacent to an activating group) is 1. The van der Waals surface area contributed by atoms with Crippen molar-refractivity contribution in [1.29, 1.82) is 0 Å². The number of benzene rings is 1. The van der Waals surface area contributed by atoms with Crippen molar-refractivity contribution in [3.05, 3.63) is 24.3 Å². The van der Waals surface area contributed by atoms with Crippen molar-refractivity contribution < 1.29 is 19.0 Å². The van der Waals surface area contributed by atoms with Crippen LogP contribution in [0, 0.1) is 0 Å². The van der Waals surface area contributed by atoms with Gasteiger partial charge in [-0.25, -0.2) is 0 Å². The zero-order valence-corrected chi connectivity index (χ0v) is 16.4. The molecule has 0 aliphatic carbocycles. The largest absolute Gasteiger partial charge is 0.494 e. The molecule has 6 heteroatoms. The SMILES string of the molecule is CCOc1cccc(OCCN(C)C(=O)C[C@H]2CN(C(C)C)CCO2)c1. The van der Waals surface area contributed by atoms with E-state index in [-0.39, 0.29) is 12.0 Å². The Morgan fingerprint density at radius 1 is 1.35 bits per heavy atom. The molecule has 0 radical (unpaired) electrons. The number of carbonyl (C=O) groups is 1. The van der Waals surface area contributed by atoms with E-state index in [1.54, 1.807) is 4.90 Å². The number of amides is 1. The van der Waals surface area contributed by atoms with E-state index in [0.29, 0.717) is 38.8 Å². The minimum Gasteiger partial charge on any atom is -0.494 e. The second-order valence-corrected chi connectivity index (χ2v) is 6.86. The molecule has 0 aromatic heterocycles. The zero-order valence-electron chi connectivity index (χ0n) is 16.4. The molecule has 1 aromatic rings. The summed E-state index contributed by atoms with van der Waals surface area (Å²) in [6.07, 6.45) is 0.393. The lowest BCUT2D eigenvalue weighted by Crippen LogP contribution is -2.47. The average Bonchev–Trinajstić information content (AvgIpc) is 2.62. The van der Waals surface area contributed by atoms with Crippen LogP contribution in [0.2, 0.25) is 0 Å². The highest BCUT2D eigenvalue weighted by atomic mass is 16.5. The normalized spacial score (nSPS) is 18.0. The van der Waals surface area contributed by atoms with E-state index in [9.17, 15) is 4.79 Å². The summed E-state index contributed by atoms with van der Waals surface area (Å²) in [6, 6.07) is 8.03. The zero-order chi connectivity index (χ0) is 18.9. The number of nitrogens with zero attached hydrogens (tertiary/aromatic N) is 2. The monoisotopic (exact) mass is 364 g/mol. The van der Waals surface area contributed by atoms with Crippen LogP contribution in [-0.2, 0) is 9.53 Å². The molecular formula is C20H32N2O4. The van der Waals surface area contributed by atoms with Gasteiger partial charge in [-0.15, -0.1) is 0 Å². The van der Waals surface area contributed by atoms with Gasteiger partial charge in [0.1, 0.15) is 18.1 Å². The molecule has 146 valence electrons. The van der Waals surface area contributed by atoms with Crippen LogP contribution in [0.5, 0.6) is 11.5 Å². The molecule has 0 bridgehead atoms. The van der Waals surface area contributed by atoms with E-state index >= 15 is 0 Å². The first kappa shape index (κ1) is 20.5. The predicted octanol–water partition coefficient (Wildman–Crippen LogP) is 2.42. The molecule has 0 unspecified atom stereocenters. The van der Waals surface area contributed by atoms with Crippen LogP contribution in [-0.4, -0.2) is 74.4 Å². The fraction of sp³-hybridized carbons (Fsp3) is 0.650. The van der Waals surface area contributed by atoms with Crippen molar-refractivity contribution >= 4 is 5.91 Å². The van der Waals surface area contributed by atoms with Gasteiger partial charge in [-0.3, -0.25) is 9.69 Å². The van der Waals surface area contributed by atoms with Crippen molar-refractivity contribution in [3.63, 3.8) is 0 Å². The summed E-state index contributed by atoms with van der Waals surface area (Å²) in [7, 11) is 1.81. The molecule has 0 N–H and O–H groups in total. The first-order valence-electron chi connectivity index (χ1n) is 9.45. The molecule has 1 saturated heterocycles. The Kier molecular flexibility index (Phi) is 8.19. The maximum absolute atomic E-state index is 12.4. The van der Waals surface area contributed by atoms with Gasteiger partial charge in [0.25, 0.3) is 0 Å². The molecule has 2 rings (SSSR count). The first-order chi connectivity index (χ1) is 12.5. The highest BCUT2D eigenvalue weighted by Gasteiger charge is 2.25. The van der Waals surface area contributed by atoms with E-state index in [1.165, 1.54) is 0 Å². The molecule has 6 nitrogen and oxygen atoms in total. The third kappa shape index (κ3) is 6.50. The first-order valence-corrected chi connectivity index (χ1v) is 9.45. The Hall–Kier alpha value is -1.79. The van der Waals surface area contributed by atoms with Gasteiger partial charge in [0.2, 0.25) is 5.91 Å². The van der Waals surface area contributed by atoms with E-state index in [1.807, 2.05) is 38.2 Å². The van der Waals surface area contributed by atoms with E-state index in [0.717, 1.165) is 24.6 Å². The summed E-state index contributed by atoms with van der Waals surface area (Å²) in [6.45, 7) is 10.4. The second-order valence-electron chi connectivity index (χ2n) is 6.86. The van der Waals surface area contributed by atoms with E-state index in [4.69, 9.17) is 14.2 Å². The summed E-state index contributed by atoms with van der Waals surface area (Å²) in [5, 5.41) is 0. The number of ether oxygens (including phenoxy) is 3. The number of hydrogen-bond donors (Lipinski definition) is 0. The number of rotatable bonds is 9. The lowest BCUT2D eigenvalue weighted by Gasteiger charge is -2.35. The van der Waals surface area contributed by atoms with Crippen molar-refractivity contribution in [2.45, 2.75) is 39.3 Å². The molecule has 1 heterocycles. The fourth-order valence-corrected chi connectivity index (χ4v) is 2.93. The Labute approximate surface area is 157 Å². The maximum atomic E-state index is 12.4. The Bertz CT molecular complexity index is 564. The third-order valence-corrected chi connectivity index (χ3v) is 4.54. The Morgan fingerprint density at radius 3 is 2.77 bits per heavy atom. The number of carbonyl (C=O) groups excluding carboxylic acids is 1. The smallest absolute Gasteiger partial charge is 0.225 e. The van der Waals surface area contributed by atoms with Gasteiger partial charge in [0.05, 0.1) is 32.3 Å². The van der Waals surface area contributed by atoms with Gasteiger partial charge in [0.15, 0.2) is 0 Å². The number of morpholine rings is 1. The summed E-state index contributed by atoms with van der Waals surface area (Å²) >= 11 is 0. The van der Waals surface area contributed by atoms with Gasteiger partial charge >= 0.3 is 0 Å². The van der Waals surface area contributed by atoms with Crippen LogP contribution in [0.4, 0.5) is 0 Å². The van der Waals surface area contributed by atoms with E-state index < -0.39 is 0 Å². The number of hydrogen-bond acceptors (Lipinski definition) is 5. The third-order valence-electron chi connectivity index (χ3n) is 4.54. The Balaban J connectivity index is 1.72. The van der Waals surface area contributed by atoms with Crippen LogP contribution in [0.3, 0.4) is 0 Å². The van der Waals surface area contributed by atoms with Crippen LogP contribution in [0.15, 0.2) is 24.3 Å². The molecule has 1 atom stereocenters. The highest BCUT2D eigenvalue weighted by molar-refractivity contribution is 5.76. The molecule has 1 aliphatic heterocycles. The standard InChI is InChI=1S/C20H32N2O4/c1-5-24-17-7-6-8-18(13-17)25-11-9-21(4)20(23)14-19-15-22(16(2)3)10-12-26-19/h6-8,13,16,19H,5,9-12,14-15H2,1-4H3/t19-/m0/s1. The topological polar surface area (TPSA) is 51.2 Å². The van der Waals surface area contributed by atoms with Crippen LogP contribution < -0.4 is 9.47 Å². The van der Waals surface area contributed by atoms with Gasteiger partial charge in [-0.1, -0.05) is 6.07 Å². The molecule has 0 spiro atoms. The summed E-state index contributed by atoms with van der Waals surface area (Å²) in [4.78, 5) is 16.5. The van der Waals surface area contributed by atoms with Crippen LogP contribution >= 0.6 is 0 Å². The summed E-state index contributed by atoms with van der Waals surface area (Å²) in [5.41, 5.74) is 0. The maximum Gasteiger partial charge on any atom is 0.225 e. The molecule has 1 amide bonds.